The molecule has 0 fully saturated rings. The fraction of sp³-hybridized carbons (Fsp3) is 0.273. The van der Waals surface area contributed by atoms with Gasteiger partial charge in [0, 0.05) is 12.1 Å². The first-order valence-corrected chi connectivity index (χ1v) is 4.75. The SMILES string of the molecule is CC1=Nc2ccccc2N=C(C(F)(F)F)C1. The van der Waals surface area contributed by atoms with E-state index in [2.05, 4.69) is 9.98 Å². The van der Waals surface area contributed by atoms with E-state index in [9.17, 15) is 13.2 Å². The Morgan fingerprint density at radius 2 is 1.62 bits per heavy atom. The van der Waals surface area contributed by atoms with E-state index in [-0.39, 0.29) is 12.1 Å². The van der Waals surface area contributed by atoms with Crippen LogP contribution in [0.2, 0.25) is 0 Å². The lowest BCUT2D eigenvalue weighted by atomic mass is 10.2. The largest absolute Gasteiger partial charge is 0.429 e. The maximum atomic E-state index is 12.6. The summed E-state index contributed by atoms with van der Waals surface area (Å²) in [5, 5.41) is 0. The molecule has 0 amide bonds. The summed E-state index contributed by atoms with van der Waals surface area (Å²) in [4.78, 5) is 7.74. The predicted octanol–water partition coefficient (Wildman–Crippen LogP) is 3.82. The number of hydrogen-bond donors (Lipinski definition) is 0. The van der Waals surface area contributed by atoms with E-state index in [0.29, 0.717) is 11.4 Å². The molecule has 0 aliphatic carbocycles. The summed E-state index contributed by atoms with van der Waals surface area (Å²) in [6, 6.07) is 6.56. The molecular formula is C11H9F3N2. The Morgan fingerprint density at radius 3 is 2.19 bits per heavy atom. The second-order valence-electron chi connectivity index (χ2n) is 3.57. The molecule has 0 saturated heterocycles. The fourth-order valence-corrected chi connectivity index (χ4v) is 1.49. The van der Waals surface area contributed by atoms with Gasteiger partial charge < -0.3 is 0 Å². The Morgan fingerprint density at radius 1 is 1.06 bits per heavy atom. The van der Waals surface area contributed by atoms with E-state index < -0.39 is 11.9 Å². The molecule has 0 radical (unpaired) electrons. The number of rotatable bonds is 0. The minimum Gasteiger partial charge on any atom is -0.255 e. The average Bonchev–Trinajstić information content (AvgIpc) is 2.34. The van der Waals surface area contributed by atoms with Gasteiger partial charge in [-0.25, -0.2) is 4.99 Å². The normalized spacial score (nSPS) is 16.0. The minimum atomic E-state index is -4.39. The first-order chi connectivity index (χ1) is 7.47. The average molecular weight is 226 g/mol. The van der Waals surface area contributed by atoms with Gasteiger partial charge in [-0.1, -0.05) is 12.1 Å². The van der Waals surface area contributed by atoms with Crippen LogP contribution < -0.4 is 0 Å². The summed E-state index contributed by atoms with van der Waals surface area (Å²) in [6.07, 6.45) is -4.65. The van der Waals surface area contributed by atoms with E-state index in [1.165, 1.54) is 6.07 Å². The van der Waals surface area contributed by atoms with Gasteiger partial charge in [0.25, 0.3) is 0 Å². The van der Waals surface area contributed by atoms with Crippen LogP contribution in [0.3, 0.4) is 0 Å². The third-order valence-corrected chi connectivity index (χ3v) is 2.20. The summed E-state index contributed by atoms with van der Waals surface area (Å²) in [5.41, 5.74) is 0.380. The molecule has 0 bridgehead atoms. The summed E-state index contributed by atoms with van der Waals surface area (Å²) in [6.45, 7) is 1.57. The second kappa shape index (κ2) is 3.73. The zero-order chi connectivity index (χ0) is 11.8. The van der Waals surface area contributed by atoms with Gasteiger partial charge in [-0.3, -0.25) is 4.99 Å². The van der Waals surface area contributed by atoms with Crippen molar-refractivity contribution in [1.82, 2.24) is 0 Å². The van der Waals surface area contributed by atoms with Crippen LogP contribution in [0.15, 0.2) is 34.3 Å². The monoisotopic (exact) mass is 226 g/mol. The highest BCUT2D eigenvalue weighted by molar-refractivity contribution is 6.09. The molecule has 0 N–H and O–H groups in total. The van der Waals surface area contributed by atoms with E-state index in [4.69, 9.17) is 0 Å². The molecule has 16 heavy (non-hydrogen) atoms. The van der Waals surface area contributed by atoms with Crippen molar-refractivity contribution in [2.24, 2.45) is 9.98 Å². The van der Waals surface area contributed by atoms with E-state index in [0.717, 1.165) is 0 Å². The highest BCUT2D eigenvalue weighted by atomic mass is 19.4. The predicted molar refractivity (Wildman–Crippen MR) is 57.0 cm³/mol. The van der Waals surface area contributed by atoms with E-state index in [1.54, 1.807) is 25.1 Å². The molecule has 1 heterocycles. The zero-order valence-corrected chi connectivity index (χ0v) is 8.54. The van der Waals surface area contributed by atoms with Crippen LogP contribution in [0.1, 0.15) is 13.3 Å². The molecule has 0 atom stereocenters. The van der Waals surface area contributed by atoms with Crippen molar-refractivity contribution in [2.75, 3.05) is 0 Å². The van der Waals surface area contributed by atoms with Crippen molar-refractivity contribution in [3.05, 3.63) is 24.3 Å². The number of aliphatic imine (C=N–C) groups is 2. The molecule has 84 valence electrons. The Labute approximate surface area is 90.5 Å². The van der Waals surface area contributed by atoms with Crippen molar-refractivity contribution in [1.29, 1.82) is 0 Å². The van der Waals surface area contributed by atoms with Crippen LogP contribution in [0, 0.1) is 0 Å². The lowest BCUT2D eigenvalue weighted by Crippen LogP contribution is -2.24. The van der Waals surface area contributed by atoms with Crippen LogP contribution in [0.25, 0.3) is 0 Å². The molecule has 2 nitrogen and oxygen atoms in total. The van der Waals surface area contributed by atoms with Gasteiger partial charge in [-0.15, -0.1) is 0 Å². The van der Waals surface area contributed by atoms with Crippen LogP contribution in [0.5, 0.6) is 0 Å². The molecule has 1 aliphatic heterocycles. The molecule has 5 heteroatoms. The third-order valence-electron chi connectivity index (χ3n) is 2.20. The standard InChI is InChI=1S/C11H9F3N2/c1-7-6-10(11(12,13)14)16-9-5-3-2-4-8(9)15-7/h2-5H,6H2,1H3. The first kappa shape index (κ1) is 10.9. The third kappa shape index (κ3) is 2.13. The second-order valence-corrected chi connectivity index (χ2v) is 3.57. The molecule has 1 aromatic carbocycles. The minimum absolute atomic E-state index is 0.252. The van der Waals surface area contributed by atoms with E-state index >= 15 is 0 Å². The number of halogens is 3. The molecule has 2 rings (SSSR count). The fourth-order valence-electron chi connectivity index (χ4n) is 1.49. The Kier molecular flexibility index (Phi) is 2.53. The number of hydrogen-bond acceptors (Lipinski definition) is 2. The van der Waals surface area contributed by atoms with Crippen molar-refractivity contribution >= 4 is 22.8 Å². The molecule has 0 unspecified atom stereocenters. The van der Waals surface area contributed by atoms with E-state index in [1.807, 2.05) is 0 Å². The number of nitrogens with zero attached hydrogens (tertiary/aromatic N) is 2. The van der Waals surface area contributed by atoms with Gasteiger partial charge in [0.15, 0.2) is 0 Å². The van der Waals surface area contributed by atoms with Crippen LogP contribution >= 0.6 is 0 Å². The molecule has 0 aromatic heterocycles. The number of alkyl halides is 3. The number of fused-ring (bicyclic) bond motifs is 1. The topological polar surface area (TPSA) is 24.7 Å². The molecule has 1 aliphatic rings. The van der Waals surface area contributed by atoms with Crippen molar-refractivity contribution in [3.63, 3.8) is 0 Å². The Balaban J connectivity index is 2.56. The van der Waals surface area contributed by atoms with Gasteiger partial charge in [0.05, 0.1) is 11.4 Å². The number of para-hydroxylation sites is 2. The zero-order valence-electron chi connectivity index (χ0n) is 8.54. The lowest BCUT2D eigenvalue weighted by Gasteiger charge is -2.08. The van der Waals surface area contributed by atoms with Crippen molar-refractivity contribution < 1.29 is 13.2 Å². The van der Waals surface area contributed by atoms with Crippen LogP contribution in [0.4, 0.5) is 24.5 Å². The van der Waals surface area contributed by atoms with Crippen LogP contribution in [-0.4, -0.2) is 17.6 Å². The summed E-state index contributed by atoms with van der Waals surface area (Å²) < 4.78 is 37.8. The summed E-state index contributed by atoms with van der Waals surface area (Å²) >= 11 is 0. The van der Waals surface area contributed by atoms with Gasteiger partial charge in [-0.05, 0) is 19.1 Å². The quantitative estimate of drug-likeness (QED) is 0.642. The Hall–Kier alpha value is -1.65. The molecule has 0 spiro atoms. The lowest BCUT2D eigenvalue weighted by molar-refractivity contribution is -0.0597. The van der Waals surface area contributed by atoms with Gasteiger partial charge >= 0.3 is 6.18 Å². The van der Waals surface area contributed by atoms with Crippen LogP contribution in [-0.2, 0) is 0 Å². The summed E-state index contributed by atoms with van der Waals surface area (Å²) in [5.74, 6) is 0. The van der Waals surface area contributed by atoms with Gasteiger partial charge in [0.2, 0.25) is 0 Å². The summed E-state index contributed by atoms with van der Waals surface area (Å²) in [7, 11) is 0. The molecular weight excluding hydrogens is 217 g/mol. The smallest absolute Gasteiger partial charge is 0.255 e. The van der Waals surface area contributed by atoms with Gasteiger partial charge in [-0.2, -0.15) is 13.2 Å². The molecule has 0 saturated carbocycles. The maximum Gasteiger partial charge on any atom is 0.429 e. The number of benzene rings is 1. The first-order valence-electron chi connectivity index (χ1n) is 4.75. The Bertz CT molecular complexity index is 472. The highest BCUT2D eigenvalue weighted by Gasteiger charge is 2.36. The highest BCUT2D eigenvalue weighted by Crippen LogP contribution is 2.33. The maximum absolute atomic E-state index is 12.6. The van der Waals surface area contributed by atoms with Crippen molar-refractivity contribution in [3.8, 4) is 0 Å². The van der Waals surface area contributed by atoms with Gasteiger partial charge in [0.1, 0.15) is 5.71 Å². The van der Waals surface area contributed by atoms with Crippen molar-refractivity contribution in [2.45, 2.75) is 19.5 Å². The molecule has 1 aromatic rings.